The third kappa shape index (κ3) is 3.38. The molecule has 2 amide bonds. The summed E-state index contributed by atoms with van der Waals surface area (Å²) in [6.45, 7) is 3.43. The topological polar surface area (TPSA) is 105 Å². The van der Waals surface area contributed by atoms with E-state index in [1.54, 1.807) is 56.2 Å². The van der Waals surface area contributed by atoms with Crippen LogP contribution < -0.4 is 10.6 Å². The van der Waals surface area contributed by atoms with Crippen LogP contribution in [-0.2, 0) is 12.6 Å². The van der Waals surface area contributed by atoms with Crippen molar-refractivity contribution in [2.75, 3.05) is 11.9 Å². The Morgan fingerprint density at radius 2 is 2.25 bits per heavy atom. The molecule has 0 saturated carbocycles. The van der Waals surface area contributed by atoms with Crippen LogP contribution in [0.5, 0.6) is 0 Å². The summed E-state index contributed by atoms with van der Waals surface area (Å²) >= 11 is 0. The molecule has 0 aliphatic heterocycles. The maximum absolute atomic E-state index is 12.0. The normalized spacial score (nSPS) is 13.7. The van der Waals surface area contributed by atoms with E-state index in [-0.39, 0.29) is 6.54 Å². The molecule has 8 heteroatoms. The van der Waals surface area contributed by atoms with Crippen molar-refractivity contribution < 1.29 is 14.3 Å². The van der Waals surface area contributed by atoms with E-state index in [1.807, 2.05) is 0 Å². The van der Waals surface area contributed by atoms with E-state index in [4.69, 9.17) is 4.42 Å². The van der Waals surface area contributed by atoms with Crippen LogP contribution in [-0.4, -0.2) is 32.4 Å². The summed E-state index contributed by atoms with van der Waals surface area (Å²) < 4.78 is 7.03. The van der Waals surface area contributed by atoms with Gasteiger partial charge in [-0.25, -0.2) is 9.78 Å². The first-order valence-electron chi connectivity index (χ1n) is 7.47. The van der Waals surface area contributed by atoms with Gasteiger partial charge < -0.3 is 20.2 Å². The number of anilines is 1. The molecule has 2 aromatic heterocycles. The van der Waals surface area contributed by atoms with Crippen molar-refractivity contribution in [2.24, 2.45) is 7.05 Å². The molecular weight excluding hydrogens is 310 g/mol. The minimum Gasteiger partial charge on any atom is -0.441 e. The molecule has 0 saturated heterocycles. The second-order valence-electron chi connectivity index (χ2n) is 5.90. The Kier molecular flexibility index (Phi) is 3.98. The Bertz CT molecular complexity index is 881. The Hall–Kier alpha value is -2.87. The number of aromatic nitrogens is 3. The lowest BCUT2D eigenvalue weighted by atomic mass is 10.00. The predicted molar refractivity (Wildman–Crippen MR) is 88.5 cm³/mol. The van der Waals surface area contributed by atoms with Crippen LogP contribution in [0.4, 0.5) is 10.5 Å². The van der Waals surface area contributed by atoms with Gasteiger partial charge in [0.15, 0.2) is 11.5 Å². The highest BCUT2D eigenvalue weighted by Crippen LogP contribution is 2.20. The summed E-state index contributed by atoms with van der Waals surface area (Å²) in [4.78, 5) is 16.2. The van der Waals surface area contributed by atoms with E-state index < -0.39 is 11.6 Å². The molecule has 24 heavy (non-hydrogen) atoms. The number of oxazole rings is 1. The smallest absolute Gasteiger partial charge is 0.319 e. The molecule has 0 radical (unpaired) electrons. The number of benzene rings is 1. The van der Waals surface area contributed by atoms with Crippen LogP contribution in [0, 0.1) is 6.92 Å². The van der Waals surface area contributed by atoms with Gasteiger partial charge in [0.05, 0.1) is 12.7 Å². The molecule has 8 nitrogen and oxygen atoms in total. The van der Waals surface area contributed by atoms with Crippen molar-refractivity contribution >= 4 is 22.8 Å². The van der Waals surface area contributed by atoms with E-state index in [9.17, 15) is 9.90 Å². The number of nitrogens with zero attached hydrogens (tertiary/aromatic N) is 3. The number of aliphatic hydroxyl groups is 1. The lowest BCUT2D eigenvalue weighted by molar-refractivity contribution is 0.0599. The van der Waals surface area contributed by atoms with Crippen molar-refractivity contribution in [1.82, 2.24) is 20.1 Å². The minimum absolute atomic E-state index is 0.0498. The van der Waals surface area contributed by atoms with Crippen LogP contribution in [0.25, 0.3) is 11.1 Å². The van der Waals surface area contributed by atoms with E-state index >= 15 is 0 Å². The minimum atomic E-state index is -1.21. The van der Waals surface area contributed by atoms with E-state index in [2.05, 4.69) is 20.7 Å². The van der Waals surface area contributed by atoms with Crippen molar-refractivity contribution in [3.8, 4) is 0 Å². The molecule has 0 fully saturated rings. The number of rotatable bonds is 4. The van der Waals surface area contributed by atoms with Gasteiger partial charge in [-0.1, -0.05) is 0 Å². The highest BCUT2D eigenvalue weighted by molar-refractivity contribution is 5.91. The summed E-state index contributed by atoms with van der Waals surface area (Å²) in [7, 11) is 1.76. The fourth-order valence-electron chi connectivity index (χ4n) is 2.35. The first-order valence-corrected chi connectivity index (χ1v) is 7.47. The van der Waals surface area contributed by atoms with E-state index in [0.717, 1.165) is 5.52 Å². The zero-order valence-corrected chi connectivity index (χ0v) is 13.7. The number of amides is 2. The van der Waals surface area contributed by atoms with Gasteiger partial charge >= 0.3 is 6.03 Å². The second kappa shape index (κ2) is 5.97. The van der Waals surface area contributed by atoms with Gasteiger partial charge in [0.1, 0.15) is 11.1 Å². The Morgan fingerprint density at radius 1 is 1.46 bits per heavy atom. The SMILES string of the molecule is Cc1nc2ccc(NC(=O)NCC(C)(O)c3cnn(C)c3)cc2o1. The fourth-order valence-corrected chi connectivity index (χ4v) is 2.35. The van der Waals surface area contributed by atoms with Crippen LogP contribution in [0.15, 0.2) is 35.0 Å². The number of urea groups is 1. The first kappa shape index (κ1) is 16.0. The second-order valence-corrected chi connectivity index (χ2v) is 5.90. The zero-order valence-electron chi connectivity index (χ0n) is 13.7. The van der Waals surface area contributed by atoms with Gasteiger partial charge in [0.25, 0.3) is 0 Å². The van der Waals surface area contributed by atoms with Crippen LogP contribution in [0.1, 0.15) is 18.4 Å². The molecule has 1 aromatic carbocycles. The maximum atomic E-state index is 12.0. The Labute approximate surface area is 138 Å². The molecule has 126 valence electrons. The van der Waals surface area contributed by atoms with Gasteiger partial charge in [-0.15, -0.1) is 0 Å². The summed E-state index contributed by atoms with van der Waals surface area (Å²) in [6.07, 6.45) is 3.28. The average molecular weight is 329 g/mol. The first-order chi connectivity index (χ1) is 11.3. The van der Waals surface area contributed by atoms with Crippen molar-refractivity contribution in [1.29, 1.82) is 0 Å². The Balaban J connectivity index is 1.62. The molecule has 0 aliphatic carbocycles. The number of fused-ring (bicyclic) bond motifs is 1. The number of aryl methyl sites for hydroxylation is 2. The summed E-state index contributed by atoms with van der Waals surface area (Å²) in [6, 6.07) is 4.79. The van der Waals surface area contributed by atoms with Crippen LogP contribution in [0.3, 0.4) is 0 Å². The number of hydrogen-bond acceptors (Lipinski definition) is 5. The Morgan fingerprint density at radius 3 is 2.96 bits per heavy atom. The van der Waals surface area contributed by atoms with Gasteiger partial charge in [-0.05, 0) is 19.1 Å². The molecule has 3 rings (SSSR count). The van der Waals surface area contributed by atoms with Gasteiger partial charge in [-0.3, -0.25) is 4.68 Å². The third-order valence-corrected chi connectivity index (χ3v) is 3.67. The maximum Gasteiger partial charge on any atom is 0.319 e. The molecule has 3 N–H and O–H groups in total. The molecular formula is C16H19N5O3. The monoisotopic (exact) mass is 329 g/mol. The number of nitrogens with one attached hydrogen (secondary N) is 2. The summed E-state index contributed by atoms with van der Waals surface area (Å²) in [5, 5.41) is 19.8. The fraction of sp³-hybridized carbons (Fsp3) is 0.312. The zero-order chi connectivity index (χ0) is 17.3. The molecule has 0 bridgehead atoms. The molecule has 1 atom stereocenters. The highest BCUT2D eigenvalue weighted by atomic mass is 16.3. The van der Waals surface area contributed by atoms with Crippen molar-refractivity contribution in [3.05, 3.63) is 42.0 Å². The highest BCUT2D eigenvalue weighted by Gasteiger charge is 2.25. The molecule has 1 unspecified atom stereocenters. The van der Waals surface area contributed by atoms with Crippen molar-refractivity contribution in [3.63, 3.8) is 0 Å². The van der Waals surface area contributed by atoms with Crippen LogP contribution >= 0.6 is 0 Å². The molecule has 0 aliphatic rings. The quantitative estimate of drug-likeness (QED) is 0.678. The lowest BCUT2D eigenvalue weighted by Crippen LogP contribution is -2.40. The molecule has 0 spiro atoms. The van der Waals surface area contributed by atoms with Crippen molar-refractivity contribution in [2.45, 2.75) is 19.4 Å². The largest absolute Gasteiger partial charge is 0.441 e. The molecule has 2 heterocycles. The van der Waals surface area contributed by atoms with Gasteiger partial charge in [-0.2, -0.15) is 5.10 Å². The third-order valence-electron chi connectivity index (χ3n) is 3.67. The van der Waals surface area contributed by atoms with E-state index in [1.165, 1.54) is 0 Å². The number of hydrogen-bond donors (Lipinski definition) is 3. The summed E-state index contributed by atoms with van der Waals surface area (Å²) in [5.74, 6) is 0.569. The number of carbonyl (C=O) groups is 1. The van der Waals surface area contributed by atoms with Crippen LogP contribution in [0.2, 0.25) is 0 Å². The number of carbonyl (C=O) groups excluding carboxylic acids is 1. The average Bonchev–Trinajstić information content (AvgIpc) is 3.10. The van der Waals surface area contributed by atoms with Gasteiger partial charge in [0, 0.05) is 37.5 Å². The molecule has 3 aromatic rings. The summed E-state index contributed by atoms with van der Waals surface area (Å²) in [5.41, 5.74) is 1.34. The standard InChI is InChI=1S/C16H19N5O3/c1-10-19-13-5-4-12(6-14(13)24-10)20-15(22)17-9-16(2,23)11-7-18-21(3)8-11/h4-8,23H,9H2,1-3H3,(H2,17,20,22). The van der Waals surface area contributed by atoms with Gasteiger partial charge in [0.2, 0.25) is 0 Å². The van der Waals surface area contributed by atoms with E-state index in [0.29, 0.717) is 22.7 Å². The lowest BCUT2D eigenvalue weighted by Gasteiger charge is -2.22. The predicted octanol–water partition coefficient (Wildman–Crippen LogP) is 1.90.